The van der Waals surface area contributed by atoms with Crippen LogP contribution in [-0.2, 0) is 9.53 Å². The van der Waals surface area contributed by atoms with E-state index in [1.807, 2.05) is 12.2 Å². The summed E-state index contributed by atoms with van der Waals surface area (Å²) >= 11 is 2.58. The topological polar surface area (TPSA) is 56.3 Å². The number of carbonyl (C=O) groups is 2. The van der Waals surface area contributed by atoms with Crippen LogP contribution < -0.4 is 0 Å². The lowest BCUT2D eigenvalue weighted by Crippen LogP contribution is -1.96. The van der Waals surface area contributed by atoms with Crippen LogP contribution in [-0.4, -0.2) is 28.9 Å². The molecule has 0 radical (unpaired) electrons. The van der Waals surface area contributed by atoms with E-state index in [-0.39, 0.29) is 11.1 Å². The van der Waals surface area contributed by atoms with Crippen molar-refractivity contribution < 1.29 is 14.3 Å². The third kappa shape index (κ3) is 5.14. The number of allylic oxidation sites excluding steroid dienone is 1. The van der Waals surface area contributed by atoms with Gasteiger partial charge in [0.15, 0.2) is 5.12 Å². The van der Waals surface area contributed by atoms with Crippen molar-refractivity contribution in [2.45, 2.75) is 13.3 Å². The Labute approximate surface area is 108 Å². The zero-order valence-corrected chi connectivity index (χ0v) is 11.3. The van der Waals surface area contributed by atoms with Crippen LogP contribution >= 0.6 is 23.1 Å². The third-order valence-electron chi connectivity index (χ3n) is 1.76. The fourth-order valence-electron chi connectivity index (χ4n) is 1.01. The molecule has 0 fully saturated rings. The minimum atomic E-state index is -0.366. The predicted molar refractivity (Wildman–Crippen MR) is 70.2 cm³/mol. The van der Waals surface area contributed by atoms with Gasteiger partial charge in [-0.05, 0) is 12.5 Å². The molecule has 1 rings (SSSR count). The van der Waals surface area contributed by atoms with Gasteiger partial charge in [0.1, 0.15) is 9.88 Å². The lowest BCUT2D eigenvalue weighted by molar-refractivity contribution is -0.109. The Kier molecular flexibility index (Phi) is 5.93. The zero-order chi connectivity index (χ0) is 12.7. The van der Waals surface area contributed by atoms with Crippen molar-refractivity contribution in [3.63, 3.8) is 0 Å². The molecule has 4 nitrogen and oxygen atoms in total. The second-order valence-corrected chi connectivity index (χ2v) is 5.42. The summed E-state index contributed by atoms with van der Waals surface area (Å²) in [4.78, 5) is 26.4. The fraction of sp³-hybridized carbons (Fsp3) is 0.364. The smallest absolute Gasteiger partial charge is 0.349 e. The SMILES string of the molecule is COC(=O)c1cnc(C=CCCSC(C)=O)s1. The summed E-state index contributed by atoms with van der Waals surface area (Å²) in [6, 6.07) is 0. The quantitative estimate of drug-likeness (QED) is 0.608. The van der Waals surface area contributed by atoms with Crippen LogP contribution in [0.15, 0.2) is 12.3 Å². The molecular formula is C11H13NO3S2. The molecule has 1 aromatic heterocycles. The number of methoxy groups -OCH3 is 1. The van der Waals surface area contributed by atoms with Crippen molar-refractivity contribution >= 4 is 40.3 Å². The molecular weight excluding hydrogens is 258 g/mol. The number of aromatic nitrogens is 1. The summed E-state index contributed by atoms with van der Waals surface area (Å²) < 4.78 is 4.59. The van der Waals surface area contributed by atoms with Gasteiger partial charge >= 0.3 is 5.97 Å². The molecule has 0 saturated carbocycles. The zero-order valence-electron chi connectivity index (χ0n) is 9.63. The van der Waals surface area contributed by atoms with Gasteiger partial charge in [-0.3, -0.25) is 4.79 Å². The van der Waals surface area contributed by atoms with Gasteiger partial charge in [0.2, 0.25) is 0 Å². The molecule has 92 valence electrons. The second-order valence-electron chi connectivity index (χ2n) is 3.09. The van der Waals surface area contributed by atoms with Gasteiger partial charge in [0.25, 0.3) is 0 Å². The van der Waals surface area contributed by atoms with Gasteiger partial charge in [-0.1, -0.05) is 17.8 Å². The van der Waals surface area contributed by atoms with Gasteiger partial charge in [-0.2, -0.15) is 0 Å². The Bertz CT molecular complexity index is 426. The van der Waals surface area contributed by atoms with Crippen molar-refractivity contribution in [2.24, 2.45) is 0 Å². The predicted octanol–water partition coefficient (Wildman–Crippen LogP) is 2.61. The number of carbonyl (C=O) groups excluding carboxylic acids is 2. The van der Waals surface area contributed by atoms with Crippen LogP contribution in [0, 0.1) is 0 Å². The van der Waals surface area contributed by atoms with E-state index in [1.54, 1.807) is 6.92 Å². The number of hydrogen-bond acceptors (Lipinski definition) is 6. The van der Waals surface area contributed by atoms with Gasteiger partial charge in [-0.25, -0.2) is 9.78 Å². The van der Waals surface area contributed by atoms with Crippen molar-refractivity contribution in [1.29, 1.82) is 0 Å². The van der Waals surface area contributed by atoms with Crippen molar-refractivity contribution in [2.75, 3.05) is 12.9 Å². The summed E-state index contributed by atoms with van der Waals surface area (Å²) in [7, 11) is 1.34. The number of thioether (sulfide) groups is 1. The van der Waals surface area contributed by atoms with Crippen molar-refractivity contribution in [3.8, 4) is 0 Å². The summed E-state index contributed by atoms with van der Waals surface area (Å²) in [6.45, 7) is 1.55. The van der Waals surface area contributed by atoms with Crippen LogP contribution in [0.3, 0.4) is 0 Å². The molecule has 0 N–H and O–H groups in total. The Morgan fingerprint density at radius 2 is 2.35 bits per heavy atom. The largest absolute Gasteiger partial charge is 0.465 e. The highest BCUT2D eigenvalue weighted by Gasteiger charge is 2.08. The average molecular weight is 271 g/mol. The number of thiazole rings is 1. The molecule has 0 aromatic carbocycles. The highest BCUT2D eigenvalue weighted by Crippen LogP contribution is 2.15. The first-order valence-corrected chi connectivity index (χ1v) is 6.77. The standard InChI is InChI=1S/C11H13NO3S2/c1-8(13)16-6-4-3-5-10-12-7-9(17-10)11(14)15-2/h3,5,7H,4,6H2,1-2H3. The molecule has 0 unspecified atom stereocenters. The summed E-state index contributed by atoms with van der Waals surface area (Å²) in [6.07, 6.45) is 6.09. The van der Waals surface area contributed by atoms with E-state index in [9.17, 15) is 9.59 Å². The minimum Gasteiger partial charge on any atom is -0.465 e. The molecule has 0 aliphatic heterocycles. The van der Waals surface area contributed by atoms with E-state index in [0.29, 0.717) is 4.88 Å². The molecule has 0 aliphatic rings. The Hall–Kier alpha value is -1.14. The van der Waals surface area contributed by atoms with E-state index < -0.39 is 0 Å². The maximum Gasteiger partial charge on any atom is 0.349 e. The van der Waals surface area contributed by atoms with Crippen LogP contribution in [0.4, 0.5) is 0 Å². The van der Waals surface area contributed by atoms with E-state index in [0.717, 1.165) is 17.2 Å². The molecule has 0 atom stereocenters. The first kappa shape index (κ1) is 13.9. The molecule has 0 bridgehead atoms. The highest BCUT2D eigenvalue weighted by molar-refractivity contribution is 8.13. The first-order chi connectivity index (χ1) is 8.13. The number of ether oxygens (including phenoxy) is 1. The highest BCUT2D eigenvalue weighted by atomic mass is 32.2. The maximum absolute atomic E-state index is 11.2. The Balaban J connectivity index is 2.41. The molecule has 0 amide bonds. The summed E-state index contributed by atoms with van der Waals surface area (Å²) in [5.41, 5.74) is 0. The number of esters is 1. The maximum atomic E-state index is 11.2. The number of rotatable bonds is 5. The molecule has 1 heterocycles. The van der Waals surface area contributed by atoms with E-state index >= 15 is 0 Å². The molecule has 1 aromatic rings. The lowest BCUT2D eigenvalue weighted by Gasteiger charge is -1.91. The van der Waals surface area contributed by atoms with E-state index in [1.165, 1.54) is 36.4 Å². The number of nitrogens with zero attached hydrogens (tertiary/aromatic N) is 1. The van der Waals surface area contributed by atoms with Gasteiger partial charge in [0.05, 0.1) is 13.3 Å². The summed E-state index contributed by atoms with van der Waals surface area (Å²) in [5.74, 6) is 0.399. The van der Waals surface area contributed by atoms with Crippen LogP contribution in [0.1, 0.15) is 28.0 Å². The monoisotopic (exact) mass is 271 g/mol. The first-order valence-electron chi connectivity index (χ1n) is 4.97. The molecule has 6 heteroatoms. The molecule has 0 saturated heterocycles. The van der Waals surface area contributed by atoms with Crippen LogP contribution in [0.2, 0.25) is 0 Å². The van der Waals surface area contributed by atoms with E-state index in [4.69, 9.17) is 0 Å². The van der Waals surface area contributed by atoms with Crippen LogP contribution in [0.5, 0.6) is 0 Å². The van der Waals surface area contributed by atoms with Crippen LogP contribution in [0.25, 0.3) is 6.08 Å². The van der Waals surface area contributed by atoms with Crippen molar-refractivity contribution in [3.05, 3.63) is 22.2 Å². The summed E-state index contributed by atoms with van der Waals surface area (Å²) in [5, 5.41) is 0.888. The normalized spacial score (nSPS) is 10.7. The lowest BCUT2D eigenvalue weighted by atomic mass is 10.4. The fourth-order valence-corrected chi connectivity index (χ4v) is 2.32. The van der Waals surface area contributed by atoms with Gasteiger partial charge in [-0.15, -0.1) is 11.3 Å². The molecule has 0 spiro atoms. The van der Waals surface area contributed by atoms with Gasteiger partial charge in [0, 0.05) is 12.7 Å². The van der Waals surface area contributed by atoms with Crippen molar-refractivity contribution in [1.82, 2.24) is 4.98 Å². The molecule has 0 aliphatic carbocycles. The van der Waals surface area contributed by atoms with E-state index in [2.05, 4.69) is 9.72 Å². The Morgan fingerprint density at radius 1 is 1.59 bits per heavy atom. The molecule has 17 heavy (non-hydrogen) atoms. The second kappa shape index (κ2) is 7.24. The van der Waals surface area contributed by atoms with Gasteiger partial charge < -0.3 is 4.74 Å². The third-order valence-corrected chi connectivity index (χ3v) is 3.55. The average Bonchev–Trinajstić information content (AvgIpc) is 2.76. The number of hydrogen-bond donors (Lipinski definition) is 0. The Morgan fingerprint density at radius 3 is 3.00 bits per heavy atom. The minimum absolute atomic E-state index is 0.126.